The van der Waals surface area contributed by atoms with E-state index in [9.17, 15) is 0 Å². The van der Waals surface area contributed by atoms with E-state index in [0.717, 1.165) is 69.1 Å². The predicted octanol–water partition coefficient (Wildman–Crippen LogP) is 3.18. The van der Waals surface area contributed by atoms with Crippen molar-refractivity contribution < 1.29 is 4.42 Å². The van der Waals surface area contributed by atoms with Gasteiger partial charge < -0.3 is 14.6 Å². The summed E-state index contributed by atoms with van der Waals surface area (Å²) < 4.78 is 5.72. The Morgan fingerprint density at radius 1 is 1.19 bits per heavy atom. The van der Waals surface area contributed by atoms with Gasteiger partial charge in [0.05, 0.1) is 12.2 Å². The molecule has 0 unspecified atom stereocenters. The van der Waals surface area contributed by atoms with Crippen LogP contribution in [0.2, 0.25) is 0 Å². The Balaban J connectivity index is 0.00000243. The molecule has 0 aliphatic carbocycles. The van der Waals surface area contributed by atoms with Crippen molar-refractivity contribution >= 4 is 29.9 Å². The van der Waals surface area contributed by atoms with Crippen LogP contribution in [-0.2, 0) is 6.54 Å². The molecule has 3 rings (SSSR count). The van der Waals surface area contributed by atoms with Crippen LogP contribution in [0.1, 0.15) is 50.0 Å². The van der Waals surface area contributed by atoms with Gasteiger partial charge in [-0.05, 0) is 65.5 Å². The van der Waals surface area contributed by atoms with Gasteiger partial charge in [-0.2, -0.15) is 0 Å². The SMILES string of the molecule is CCNC(=NCC1CCN(Cc2nc(C)c(C)o2)CC1)N1CCCC1.I. The molecular weight excluding hydrogens is 441 g/mol. The van der Waals surface area contributed by atoms with E-state index in [0.29, 0.717) is 5.92 Å². The molecule has 0 bridgehead atoms. The highest BCUT2D eigenvalue weighted by Gasteiger charge is 2.22. The Hall–Kier alpha value is -0.830. The molecule has 1 N–H and O–H groups in total. The van der Waals surface area contributed by atoms with Gasteiger partial charge in [-0.25, -0.2) is 4.98 Å². The minimum absolute atomic E-state index is 0. The Morgan fingerprint density at radius 2 is 1.88 bits per heavy atom. The van der Waals surface area contributed by atoms with E-state index in [4.69, 9.17) is 9.41 Å². The number of oxazole rings is 1. The van der Waals surface area contributed by atoms with E-state index in [1.54, 1.807) is 0 Å². The molecule has 7 heteroatoms. The van der Waals surface area contributed by atoms with Gasteiger partial charge in [0.2, 0.25) is 5.89 Å². The number of aliphatic imine (C=N–C) groups is 1. The van der Waals surface area contributed by atoms with Crippen LogP contribution in [-0.4, -0.2) is 60.0 Å². The van der Waals surface area contributed by atoms with E-state index in [-0.39, 0.29) is 24.0 Å². The van der Waals surface area contributed by atoms with E-state index < -0.39 is 0 Å². The van der Waals surface area contributed by atoms with Crippen molar-refractivity contribution in [2.75, 3.05) is 39.3 Å². The van der Waals surface area contributed by atoms with Gasteiger partial charge in [0.15, 0.2) is 5.96 Å². The summed E-state index contributed by atoms with van der Waals surface area (Å²) >= 11 is 0. The number of aryl methyl sites for hydroxylation is 2. The van der Waals surface area contributed by atoms with Crippen LogP contribution in [0.3, 0.4) is 0 Å². The first-order valence-corrected chi connectivity index (χ1v) is 9.84. The topological polar surface area (TPSA) is 56.9 Å². The minimum atomic E-state index is 0. The number of nitrogens with zero attached hydrogens (tertiary/aromatic N) is 4. The van der Waals surface area contributed by atoms with Crippen LogP contribution in [0.25, 0.3) is 0 Å². The zero-order valence-electron chi connectivity index (χ0n) is 16.5. The molecule has 2 saturated heterocycles. The lowest BCUT2D eigenvalue weighted by molar-refractivity contribution is 0.166. The van der Waals surface area contributed by atoms with Crippen LogP contribution >= 0.6 is 24.0 Å². The number of halogens is 1. The fraction of sp³-hybridized carbons (Fsp3) is 0.789. The maximum Gasteiger partial charge on any atom is 0.208 e. The Labute approximate surface area is 174 Å². The predicted molar refractivity (Wildman–Crippen MR) is 116 cm³/mol. The molecule has 1 aromatic heterocycles. The van der Waals surface area contributed by atoms with Gasteiger partial charge in [-0.1, -0.05) is 0 Å². The first-order valence-electron chi connectivity index (χ1n) is 9.84. The minimum Gasteiger partial charge on any atom is -0.444 e. The molecule has 0 saturated carbocycles. The molecule has 2 aliphatic heterocycles. The highest BCUT2D eigenvalue weighted by atomic mass is 127. The first kappa shape index (κ1) is 21.5. The van der Waals surface area contributed by atoms with E-state index >= 15 is 0 Å². The molecule has 1 aromatic rings. The highest BCUT2D eigenvalue weighted by molar-refractivity contribution is 14.0. The van der Waals surface area contributed by atoms with Gasteiger partial charge in [-0.3, -0.25) is 9.89 Å². The molecule has 0 aromatic carbocycles. The Morgan fingerprint density at radius 3 is 2.46 bits per heavy atom. The summed E-state index contributed by atoms with van der Waals surface area (Å²) in [6, 6.07) is 0. The summed E-state index contributed by atoms with van der Waals surface area (Å²) in [6.07, 6.45) is 5.01. The Kier molecular flexibility index (Phi) is 8.66. The zero-order chi connectivity index (χ0) is 17.6. The maximum absolute atomic E-state index is 5.72. The molecule has 148 valence electrons. The summed E-state index contributed by atoms with van der Waals surface area (Å²) in [5, 5.41) is 3.46. The fourth-order valence-corrected chi connectivity index (χ4v) is 3.70. The second-order valence-corrected chi connectivity index (χ2v) is 7.36. The van der Waals surface area contributed by atoms with Crippen LogP contribution in [0.15, 0.2) is 9.41 Å². The zero-order valence-corrected chi connectivity index (χ0v) is 18.8. The quantitative estimate of drug-likeness (QED) is 0.403. The van der Waals surface area contributed by atoms with Crippen LogP contribution in [0.4, 0.5) is 0 Å². The number of hydrogen-bond donors (Lipinski definition) is 1. The average molecular weight is 475 g/mol. The van der Waals surface area contributed by atoms with Gasteiger partial charge >= 0.3 is 0 Å². The van der Waals surface area contributed by atoms with Crippen molar-refractivity contribution in [1.82, 2.24) is 20.1 Å². The molecule has 0 spiro atoms. The number of aromatic nitrogens is 1. The summed E-state index contributed by atoms with van der Waals surface area (Å²) in [7, 11) is 0. The van der Waals surface area contributed by atoms with Gasteiger partial charge in [0, 0.05) is 26.2 Å². The van der Waals surface area contributed by atoms with Crippen molar-refractivity contribution in [3.8, 4) is 0 Å². The third kappa shape index (κ3) is 5.84. The third-order valence-electron chi connectivity index (χ3n) is 5.38. The van der Waals surface area contributed by atoms with Crippen molar-refractivity contribution in [2.24, 2.45) is 10.9 Å². The van der Waals surface area contributed by atoms with Crippen molar-refractivity contribution in [3.05, 3.63) is 17.3 Å². The van der Waals surface area contributed by atoms with Gasteiger partial charge in [0.25, 0.3) is 0 Å². The number of piperidine rings is 1. The first-order chi connectivity index (χ1) is 12.2. The van der Waals surface area contributed by atoms with Gasteiger partial charge in [-0.15, -0.1) is 24.0 Å². The molecule has 0 amide bonds. The van der Waals surface area contributed by atoms with E-state index in [2.05, 4.69) is 27.0 Å². The lowest BCUT2D eigenvalue weighted by atomic mass is 9.97. The monoisotopic (exact) mass is 475 g/mol. The third-order valence-corrected chi connectivity index (χ3v) is 5.38. The van der Waals surface area contributed by atoms with Crippen LogP contribution < -0.4 is 5.32 Å². The summed E-state index contributed by atoms with van der Waals surface area (Å²) in [6.45, 7) is 13.4. The number of guanidine groups is 1. The molecule has 3 heterocycles. The molecule has 0 radical (unpaired) electrons. The van der Waals surface area contributed by atoms with Gasteiger partial charge in [0.1, 0.15) is 5.76 Å². The fourth-order valence-electron chi connectivity index (χ4n) is 3.70. The second kappa shape index (κ2) is 10.5. The van der Waals surface area contributed by atoms with Crippen molar-refractivity contribution in [1.29, 1.82) is 0 Å². The standard InChI is InChI=1S/C19H33N5O.HI/c1-4-20-19(24-9-5-6-10-24)21-13-17-7-11-23(12-8-17)14-18-22-15(2)16(3)25-18;/h17H,4-14H2,1-3H3,(H,20,21);1H. The average Bonchev–Trinajstić information content (AvgIpc) is 3.23. The van der Waals surface area contributed by atoms with Crippen molar-refractivity contribution in [2.45, 2.75) is 53.0 Å². The smallest absolute Gasteiger partial charge is 0.208 e. The lowest BCUT2D eigenvalue weighted by Gasteiger charge is -2.30. The normalized spacial score (nSPS) is 19.7. The number of rotatable bonds is 5. The van der Waals surface area contributed by atoms with Crippen molar-refractivity contribution in [3.63, 3.8) is 0 Å². The molecule has 0 atom stereocenters. The van der Waals surface area contributed by atoms with E-state index in [1.165, 1.54) is 25.7 Å². The molecule has 2 aliphatic rings. The Bertz CT molecular complexity index is 555. The largest absolute Gasteiger partial charge is 0.444 e. The van der Waals surface area contributed by atoms with Crippen LogP contribution in [0, 0.1) is 19.8 Å². The second-order valence-electron chi connectivity index (χ2n) is 7.36. The summed E-state index contributed by atoms with van der Waals surface area (Å²) in [4.78, 5) is 14.3. The molecular formula is C19H34IN5O. The highest BCUT2D eigenvalue weighted by Crippen LogP contribution is 2.20. The molecule has 6 nitrogen and oxygen atoms in total. The number of likely N-dealkylation sites (tertiary alicyclic amines) is 2. The number of hydrogen-bond acceptors (Lipinski definition) is 4. The summed E-state index contributed by atoms with van der Waals surface area (Å²) in [5.74, 6) is 3.61. The number of nitrogens with one attached hydrogen (secondary N) is 1. The van der Waals surface area contributed by atoms with E-state index in [1.807, 2.05) is 13.8 Å². The summed E-state index contributed by atoms with van der Waals surface area (Å²) in [5.41, 5.74) is 1.01. The molecule has 26 heavy (non-hydrogen) atoms. The molecule has 2 fully saturated rings. The maximum atomic E-state index is 5.72. The van der Waals surface area contributed by atoms with Crippen LogP contribution in [0.5, 0.6) is 0 Å². The lowest BCUT2D eigenvalue weighted by Crippen LogP contribution is -2.40.